The molecule has 2 aromatic heterocycles. The van der Waals surface area contributed by atoms with E-state index in [-0.39, 0.29) is 44.4 Å². The summed E-state index contributed by atoms with van der Waals surface area (Å²) in [6.45, 7) is -0.339. The number of H-pyrrole nitrogens is 1. The molecule has 10 heteroatoms. The lowest BCUT2D eigenvalue weighted by Gasteiger charge is -2.15. The van der Waals surface area contributed by atoms with Crippen molar-refractivity contribution in [2.75, 3.05) is 5.32 Å². The molecule has 2 N–H and O–H groups in total. The molecular formula is C22H13Cl2F2N3O3. The number of nitrogens with zero attached hydrogens (tertiary/aromatic N) is 1. The van der Waals surface area contributed by atoms with Gasteiger partial charge in [0.05, 0.1) is 27.8 Å². The number of para-hydroxylation sites is 1. The van der Waals surface area contributed by atoms with Crippen LogP contribution in [0.15, 0.2) is 64.3 Å². The molecule has 0 aliphatic heterocycles. The van der Waals surface area contributed by atoms with E-state index in [9.17, 15) is 23.2 Å². The van der Waals surface area contributed by atoms with Gasteiger partial charge in [-0.2, -0.15) is 0 Å². The fourth-order valence-electron chi connectivity index (χ4n) is 3.24. The SMILES string of the molecule is O=C(Nc1c(Cl)cccc1Cl)c1cn(Cc2c(F)cccc2F)c2ccc(=O)[nH]c2c1=O. The van der Waals surface area contributed by atoms with Gasteiger partial charge >= 0.3 is 0 Å². The third kappa shape index (κ3) is 4.02. The summed E-state index contributed by atoms with van der Waals surface area (Å²) in [6.07, 6.45) is 1.16. The Bertz CT molecular complexity index is 1460. The predicted molar refractivity (Wildman–Crippen MR) is 119 cm³/mol. The molecule has 0 fully saturated rings. The van der Waals surface area contributed by atoms with Crippen molar-refractivity contribution in [2.24, 2.45) is 0 Å². The summed E-state index contributed by atoms with van der Waals surface area (Å²) in [5.74, 6) is -2.45. The number of anilines is 1. The van der Waals surface area contributed by atoms with E-state index in [4.69, 9.17) is 23.2 Å². The molecule has 2 aromatic carbocycles. The average Bonchev–Trinajstić information content (AvgIpc) is 2.75. The van der Waals surface area contributed by atoms with Gasteiger partial charge < -0.3 is 14.9 Å². The maximum atomic E-state index is 14.2. The molecule has 0 bridgehead atoms. The molecule has 0 saturated carbocycles. The van der Waals surface area contributed by atoms with E-state index in [1.165, 1.54) is 34.9 Å². The molecular weight excluding hydrogens is 463 g/mol. The number of aromatic amines is 1. The first kappa shape index (κ1) is 21.7. The molecule has 0 radical (unpaired) electrons. The molecule has 0 spiro atoms. The summed E-state index contributed by atoms with van der Waals surface area (Å²) in [7, 11) is 0. The van der Waals surface area contributed by atoms with Crippen LogP contribution in [0.3, 0.4) is 0 Å². The normalized spacial score (nSPS) is 11.0. The van der Waals surface area contributed by atoms with Crippen LogP contribution in [0.5, 0.6) is 0 Å². The predicted octanol–water partition coefficient (Wildman–Crippen LogP) is 4.58. The van der Waals surface area contributed by atoms with Gasteiger partial charge in [0.2, 0.25) is 11.0 Å². The molecule has 0 aliphatic carbocycles. The van der Waals surface area contributed by atoms with Crippen LogP contribution in [0.2, 0.25) is 10.0 Å². The second-order valence-corrected chi connectivity index (χ2v) is 7.65. The highest BCUT2D eigenvalue weighted by Crippen LogP contribution is 2.30. The van der Waals surface area contributed by atoms with Crippen molar-refractivity contribution in [3.8, 4) is 0 Å². The van der Waals surface area contributed by atoms with Gasteiger partial charge in [0, 0.05) is 17.8 Å². The van der Waals surface area contributed by atoms with Gasteiger partial charge in [-0.1, -0.05) is 35.3 Å². The van der Waals surface area contributed by atoms with Crippen molar-refractivity contribution in [1.29, 1.82) is 0 Å². The van der Waals surface area contributed by atoms with Gasteiger partial charge in [-0.25, -0.2) is 8.78 Å². The number of benzene rings is 2. The summed E-state index contributed by atoms with van der Waals surface area (Å²) >= 11 is 12.2. The van der Waals surface area contributed by atoms with Crippen molar-refractivity contribution < 1.29 is 13.6 Å². The molecule has 1 amide bonds. The number of nitrogens with one attached hydrogen (secondary N) is 2. The largest absolute Gasteiger partial charge is 0.341 e. The quantitative estimate of drug-likeness (QED) is 0.453. The Labute approximate surface area is 189 Å². The second-order valence-electron chi connectivity index (χ2n) is 6.83. The Hall–Kier alpha value is -3.49. The zero-order valence-electron chi connectivity index (χ0n) is 16.1. The Kier molecular flexibility index (Phi) is 5.82. The summed E-state index contributed by atoms with van der Waals surface area (Å²) in [5, 5.41) is 2.77. The number of hydrogen-bond donors (Lipinski definition) is 2. The van der Waals surface area contributed by atoms with E-state index in [0.717, 1.165) is 18.3 Å². The number of hydrogen-bond acceptors (Lipinski definition) is 3. The van der Waals surface area contributed by atoms with Crippen molar-refractivity contribution in [3.05, 3.63) is 108 Å². The topological polar surface area (TPSA) is 84.0 Å². The minimum atomic E-state index is -0.862. The van der Waals surface area contributed by atoms with E-state index in [1.54, 1.807) is 6.07 Å². The van der Waals surface area contributed by atoms with Gasteiger partial charge in [-0.15, -0.1) is 0 Å². The van der Waals surface area contributed by atoms with Crippen molar-refractivity contribution >= 4 is 45.8 Å². The maximum Gasteiger partial charge on any atom is 0.261 e. The first-order valence-electron chi connectivity index (χ1n) is 9.21. The number of aromatic nitrogens is 2. The monoisotopic (exact) mass is 475 g/mol. The Morgan fingerprint density at radius 1 is 0.969 bits per heavy atom. The molecule has 4 aromatic rings. The Morgan fingerprint density at radius 2 is 1.59 bits per heavy atom. The smallest absolute Gasteiger partial charge is 0.261 e. The third-order valence-corrected chi connectivity index (χ3v) is 5.43. The van der Waals surface area contributed by atoms with Crippen LogP contribution in [0, 0.1) is 11.6 Å². The molecule has 4 rings (SSSR count). The Balaban J connectivity index is 1.88. The highest BCUT2D eigenvalue weighted by Gasteiger charge is 2.20. The lowest BCUT2D eigenvalue weighted by molar-refractivity contribution is 0.102. The van der Waals surface area contributed by atoms with Gasteiger partial charge in [0.1, 0.15) is 22.7 Å². The van der Waals surface area contributed by atoms with Crippen LogP contribution in [-0.2, 0) is 6.54 Å². The zero-order chi connectivity index (χ0) is 23.0. The summed E-state index contributed by atoms with van der Waals surface area (Å²) in [6, 6.07) is 10.5. The molecule has 0 saturated heterocycles. The summed E-state index contributed by atoms with van der Waals surface area (Å²) in [4.78, 5) is 40.1. The number of carbonyl (C=O) groups excluding carboxylic acids is 1. The van der Waals surface area contributed by atoms with Gasteiger partial charge in [0.15, 0.2) is 0 Å². The van der Waals surface area contributed by atoms with Crippen LogP contribution >= 0.6 is 23.2 Å². The second kappa shape index (κ2) is 8.57. The fourth-order valence-corrected chi connectivity index (χ4v) is 3.73. The number of rotatable bonds is 4. The van der Waals surface area contributed by atoms with E-state index in [1.807, 2.05) is 0 Å². The van der Waals surface area contributed by atoms with E-state index in [2.05, 4.69) is 10.3 Å². The average molecular weight is 476 g/mol. The number of pyridine rings is 2. The zero-order valence-corrected chi connectivity index (χ0v) is 17.6. The number of amides is 1. The first-order chi connectivity index (χ1) is 15.3. The first-order valence-corrected chi connectivity index (χ1v) is 9.96. The summed E-state index contributed by atoms with van der Waals surface area (Å²) in [5.41, 5.74) is -1.92. The lowest BCUT2D eigenvalue weighted by Crippen LogP contribution is -2.26. The molecule has 0 atom stereocenters. The number of halogens is 4. The highest BCUT2D eigenvalue weighted by atomic mass is 35.5. The van der Waals surface area contributed by atoms with E-state index >= 15 is 0 Å². The molecule has 2 heterocycles. The third-order valence-electron chi connectivity index (χ3n) is 4.80. The molecule has 0 aliphatic rings. The molecule has 32 heavy (non-hydrogen) atoms. The number of fused-ring (bicyclic) bond motifs is 1. The summed E-state index contributed by atoms with van der Waals surface area (Å²) < 4.78 is 29.8. The van der Waals surface area contributed by atoms with Crippen LogP contribution in [-0.4, -0.2) is 15.5 Å². The lowest BCUT2D eigenvalue weighted by atomic mass is 10.1. The van der Waals surface area contributed by atoms with Gasteiger partial charge in [0.25, 0.3) is 5.91 Å². The van der Waals surface area contributed by atoms with Crippen molar-refractivity contribution in [2.45, 2.75) is 6.54 Å². The van der Waals surface area contributed by atoms with Crippen LogP contribution in [0.4, 0.5) is 14.5 Å². The molecule has 162 valence electrons. The van der Waals surface area contributed by atoms with E-state index < -0.39 is 28.5 Å². The van der Waals surface area contributed by atoms with Crippen molar-refractivity contribution in [3.63, 3.8) is 0 Å². The van der Waals surface area contributed by atoms with Crippen LogP contribution in [0.25, 0.3) is 11.0 Å². The molecule has 6 nitrogen and oxygen atoms in total. The maximum absolute atomic E-state index is 14.2. The van der Waals surface area contributed by atoms with Crippen molar-refractivity contribution in [1.82, 2.24) is 9.55 Å². The van der Waals surface area contributed by atoms with Gasteiger partial charge in [-0.3, -0.25) is 14.4 Å². The highest BCUT2D eigenvalue weighted by molar-refractivity contribution is 6.40. The standard InChI is InChI=1S/C22H13Cl2F2N3O3/c23-13-3-1-4-14(24)19(13)28-22(32)12-10-29(9-11-15(25)5-2-6-16(11)26)17-7-8-18(30)27-20(17)21(12)31/h1-8,10H,9H2,(H,27,30)(H,28,32). The van der Waals surface area contributed by atoms with Gasteiger partial charge in [-0.05, 0) is 30.3 Å². The minimum Gasteiger partial charge on any atom is -0.341 e. The molecule has 0 unspecified atom stereocenters. The minimum absolute atomic E-state index is 0.0913. The van der Waals surface area contributed by atoms with Crippen LogP contribution < -0.4 is 16.3 Å². The number of carbonyl (C=O) groups is 1. The van der Waals surface area contributed by atoms with E-state index in [0.29, 0.717) is 0 Å². The fraction of sp³-hybridized carbons (Fsp3) is 0.0455. The van der Waals surface area contributed by atoms with Crippen LogP contribution in [0.1, 0.15) is 15.9 Å². The Morgan fingerprint density at radius 3 is 2.25 bits per heavy atom.